The van der Waals surface area contributed by atoms with Gasteiger partial charge in [-0.05, 0) is 24.1 Å². The molecule has 0 saturated carbocycles. The zero-order valence-corrected chi connectivity index (χ0v) is 11.6. The van der Waals surface area contributed by atoms with Crippen LogP contribution in [0.25, 0.3) is 0 Å². The Morgan fingerprint density at radius 3 is 2.30 bits per heavy atom. The minimum Gasteiger partial charge on any atom is -0.393 e. The van der Waals surface area contributed by atoms with Crippen molar-refractivity contribution in [3.63, 3.8) is 0 Å². The number of aliphatic hydroxyl groups is 1. The minimum absolute atomic E-state index is 0.226. The lowest BCUT2D eigenvalue weighted by Gasteiger charge is -2.21. The zero-order chi connectivity index (χ0) is 15.7. The molecule has 1 N–H and O–H groups in total. The topological polar surface area (TPSA) is 54.4 Å². The zero-order valence-electron chi connectivity index (χ0n) is 10.8. The second kappa shape index (κ2) is 5.69. The standard InChI is InChI=1S/C12H14F4O3S/c1-3-10(17)7(2)9-5-4-8(13)6-11(9)20(18,19)12(14,15)16/h4-7,10,17H,3H2,1-2H3. The Morgan fingerprint density at radius 1 is 1.30 bits per heavy atom. The van der Waals surface area contributed by atoms with E-state index in [9.17, 15) is 31.1 Å². The Kier molecular flexibility index (Phi) is 4.81. The number of alkyl halides is 3. The smallest absolute Gasteiger partial charge is 0.393 e. The van der Waals surface area contributed by atoms with Gasteiger partial charge in [-0.2, -0.15) is 13.2 Å². The van der Waals surface area contributed by atoms with Gasteiger partial charge in [0.05, 0.1) is 11.0 Å². The molecule has 0 spiro atoms. The van der Waals surface area contributed by atoms with Crippen molar-refractivity contribution in [2.24, 2.45) is 0 Å². The van der Waals surface area contributed by atoms with Crippen LogP contribution in [0.2, 0.25) is 0 Å². The van der Waals surface area contributed by atoms with Crippen molar-refractivity contribution >= 4 is 9.84 Å². The highest BCUT2D eigenvalue weighted by atomic mass is 32.2. The van der Waals surface area contributed by atoms with Gasteiger partial charge in [0.2, 0.25) is 0 Å². The van der Waals surface area contributed by atoms with Crippen LogP contribution in [0.5, 0.6) is 0 Å². The first kappa shape index (κ1) is 16.9. The van der Waals surface area contributed by atoms with Crippen molar-refractivity contribution in [2.45, 2.75) is 42.7 Å². The predicted octanol–water partition coefficient (Wildman–Crippen LogP) is 2.99. The third-order valence-electron chi connectivity index (χ3n) is 3.06. The summed E-state index contributed by atoms with van der Waals surface area (Å²) in [4.78, 5) is -1.15. The Hall–Kier alpha value is -1.15. The molecule has 0 radical (unpaired) electrons. The summed E-state index contributed by atoms with van der Waals surface area (Å²) >= 11 is 0. The van der Waals surface area contributed by atoms with E-state index in [1.165, 1.54) is 6.92 Å². The van der Waals surface area contributed by atoms with Crippen LogP contribution in [0.3, 0.4) is 0 Å². The molecular weight excluding hydrogens is 300 g/mol. The summed E-state index contributed by atoms with van der Waals surface area (Å²) < 4.78 is 73.9. The molecule has 114 valence electrons. The van der Waals surface area contributed by atoms with Crippen LogP contribution >= 0.6 is 0 Å². The normalized spacial score (nSPS) is 15.9. The maximum Gasteiger partial charge on any atom is 0.501 e. The number of aliphatic hydroxyl groups excluding tert-OH is 1. The van der Waals surface area contributed by atoms with E-state index in [0.717, 1.165) is 12.1 Å². The van der Waals surface area contributed by atoms with Crippen molar-refractivity contribution in [2.75, 3.05) is 0 Å². The van der Waals surface area contributed by atoms with Crippen LogP contribution < -0.4 is 0 Å². The van der Waals surface area contributed by atoms with Gasteiger partial charge in [0.25, 0.3) is 9.84 Å². The Morgan fingerprint density at radius 2 is 1.85 bits per heavy atom. The van der Waals surface area contributed by atoms with Gasteiger partial charge in [0, 0.05) is 5.92 Å². The number of benzene rings is 1. The van der Waals surface area contributed by atoms with Crippen LogP contribution in [0.15, 0.2) is 23.1 Å². The largest absolute Gasteiger partial charge is 0.501 e. The van der Waals surface area contributed by atoms with Crippen LogP contribution in [0.1, 0.15) is 31.7 Å². The molecule has 0 fully saturated rings. The molecule has 2 atom stereocenters. The highest BCUT2D eigenvalue weighted by Gasteiger charge is 2.48. The third kappa shape index (κ3) is 3.12. The van der Waals surface area contributed by atoms with Gasteiger partial charge in [-0.25, -0.2) is 12.8 Å². The molecule has 8 heteroatoms. The summed E-state index contributed by atoms with van der Waals surface area (Å²) in [5, 5.41) is 9.67. The van der Waals surface area contributed by atoms with Gasteiger partial charge in [0.1, 0.15) is 5.82 Å². The summed E-state index contributed by atoms with van der Waals surface area (Å²) in [6.07, 6.45) is -0.799. The molecule has 3 nitrogen and oxygen atoms in total. The van der Waals surface area contributed by atoms with Crippen molar-refractivity contribution in [1.29, 1.82) is 0 Å². The van der Waals surface area contributed by atoms with Crippen LogP contribution in [-0.4, -0.2) is 25.1 Å². The highest BCUT2D eigenvalue weighted by molar-refractivity contribution is 7.92. The molecule has 1 aromatic carbocycles. The number of halogens is 4. The molecule has 2 unspecified atom stereocenters. The lowest BCUT2D eigenvalue weighted by atomic mass is 9.94. The maximum atomic E-state index is 13.1. The molecule has 0 aliphatic rings. The van der Waals surface area contributed by atoms with Gasteiger partial charge in [-0.1, -0.05) is 19.9 Å². The number of hydrogen-bond donors (Lipinski definition) is 1. The SMILES string of the molecule is CCC(O)C(C)c1ccc(F)cc1S(=O)(=O)C(F)(F)F. The van der Waals surface area contributed by atoms with Gasteiger partial charge < -0.3 is 5.11 Å². The monoisotopic (exact) mass is 314 g/mol. The average Bonchev–Trinajstić information content (AvgIpc) is 2.35. The number of sulfone groups is 1. The van der Waals surface area contributed by atoms with Crippen LogP contribution in [-0.2, 0) is 9.84 Å². The third-order valence-corrected chi connectivity index (χ3v) is 4.60. The fourth-order valence-electron chi connectivity index (χ4n) is 1.80. The summed E-state index contributed by atoms with van der Waals surface area (Å²) in [5.41, 5.74) is -5.77. The van der Waals surface area contributed by atoms with Gasteiger partial charge in [-0.15, -0.1) is 0 Å². The molecule has 1 aromatic rings. The van der Waals surface area contributed by atoms with E-state index in [2.05, 4.69) is 0 Å². The van der Waals surface area contributed by atoms with Crippen molar-refractivity contribution in [3.05, 3.63) is 29.6 Å². The Bertz CT molecular complexity index is 581. The van der Waals surface area contributed by atoms with Crippen molar-refractivity contribution < 1.29 is 31.1 Å². The molecule has 0 aromatic heterocycles. The number of hydrogen-bond acceptors (Lipinski definition) is 3. The van der Waals surface area contributed by atoms with E-state index in [0.29, 0.717) is 6.07 Å². The van der Waals surface area contributed by atoms with Crippen molar-refractivity contribution in [3.8, 4) is 0 Å². The first-order valence-electron chi connectivity index (χ1n) is 5.81. The maximum absolute atomic E-state index is 13.1. The van der Waals surface area contributed by atoms with E-state index >= 15 is 0 Å². The summed E-state index contributed by atoms with van der Waals surface area (Å²) in [6, 6.07) is 2.15. The molecule has 0 amide bonds. The quantitative estimate of drug-likeness (QED) is 0.869. The molecule has 0 aliphatic heterocycles. The fraction of sp³-hybridized carbons (Fsp3) is 0.500. The molecule has 20 heavy (non-hydrogen) atoms. The summed E-state index contributed by atoms with van der Waals surface area (Å²) in [5.74, 6) is -1.96. The number of rotatable bonds is 4. The first-order valence-corrected chi connectivity index (χ1v) is 7.29. The van der Waals surface area contributed by atoms with Gasteiger partial charge in [0.15, 0.2) is 0 Å². The predicted molar refractivity (Wildman–Crippen MR) is 64.4 cm³/mol. The van der Waals surface area contributed by atoms with Crippen LogP contribution in [0, 0.1) is 5.82 Å². The molecule has 0 heterocycles. The van der Waals surface area contributed by atoms with Gasteiger partial charge in [-0.3, -0.25) is 0 Å². The molecular formula is C12H14F4O3S. The second-order valence-electron chi connectivity index (χ2n) is 4.40. The van der Waals surface area contributed by atoms with E-state index in [-0.39, 0.29) is 12.0 Å². The molecule has 0 saturated heterocycles. The summed E-state index contributed by atoms with van der Waals surface area (Å²) in [7, 11) is -5.67. The van der Waals surface area contributed by atoms with Gasteiger partial charge >= 0.3 is 5.51 Å². The minimum atomic E-state index is -5.67. The molecule has 0 bridgehead atoms. The Balaban J connectivity index is 3.51. The molecule has 0 aliphatic carbocycles. The van der Waals surface area contributed by atoms with E-state index < -0.39 is 38.1 Å². The fourth-order valence-corrected chi connectivity index (χ4v) is 2.88. The second-order valence-corrected chi connectivity index (χ2v) is 6.31. The van der Waals surface area contributed by atoms with E-state index in [1.54, 1.807) is 6.92 Å². The van der Waals surface area contributed by atoms with E-state index in [4.69, 9.17) is 0 Å². The molecule has 1 rings (SSSR count). The first-order chi connectivity index (χ1) is 9.02. The summed E-state index contributed by atoms with van der Waals surface area (Å²) in [6.45, 7) is 2.99. The Labute approximate surface area is 114 Å². The van der Waals surface area contributed by atoms with Crippen molar-refractivity contribution in [1.82, 2.24) is 0 Å². The van der Waals surface area contributed by atoms with Crippen LogP contribution in [0.4, 0.5) is 17.6 Å². The lowest BCUT2D eigenvalue weighted by Crippen LogP contribution is -2.26. The average molecular weight is 314 g/mol. The lowest BCUT2D eigenvalue weighted by molar-refractivity contribution is -0.0437. The highest BCUT2D eigenvalue weighted by Crippen LogP contribution is 2.36. The van der Waals surface area contributed by atoms with E-state index in [1.807, 2.05) is 0 Å².